The van der Waals surface area contributed by atoms with Crippen molar-refractivity contribution in [3.8, 4) is 0 Å². The highest BCUT2D eigenvalue weighted by molar-refractivity contribution is 8.13. The molecule has 102 valence electrons. The van der Waals surface area contributed by atoms with Gasteiger partial charge in [-0.25, -0.2) is 10.9 Å². The Morgan fingerprint density at radius 1 is 1.37 bits per heavy atom. The maximum absolute atomic E-state index is 12.2. The molecule has 1 amide bonds. The molecule has 0 saturated heterocycles. The zero-order valence-electron chi connectivity index (χ0n) is 10.8. The summed E-state index contributed by atoms with van der Waals surface area (Å²) in [7, 11) is 1.80. The summed E-state index contributed by atoms with van der Waals surface area (Å²) in [5.74, 6) is 6.36. The lowest BCUT2D eigenvalue weighted by atomic mass is 10.2. The molecule has 1 atom stereocenters. The van der Waals surface area contributed by atoms with Gasteiger partial charge in [0.15, 0.2) is 5.37 Å². The van der Waals surface area contributed by atoms with Gasteiger partial charge in [-0.3, -0.25) is 9.80 Å². The van der Waals surface area contributed by atoms with E-state index in [1.165, 1.54) is 29.1 Å². The number of hydrogen-bond acceptors (Lipinski definition) is 6. The first-order valence-electron chi connectivity index (χ1n) is 5.73. The maximum Gasteiger partial charge on any atom is 0.277 e. The van der Waals surface area contributed by atoms with Gasteiger partial charge >= 0.3 is 0 Å². The molecule has 1 unspecified atom stereocenters. The van der Waals surface area contributed by atoms with Gasteiger partial charge < -0.3 is 0 Å². The van der Waals surface area contributed by atoms with Crippen molar-refractivity contribution in [1.29, 1.82) is 0 Å². The monoisotopic (exact) mass is 296 g/mol. The minimum absolute atomic E-state index is 0.136. The van der Waals surface area contributed by atoms with Crippen molar-refractivity contribution in [3.05, 3.63) is 35.9 Å². The van der Waals surface area contributed by atoms with Crippen LogP contribution in [0, 0.1) is 0 Å². The van der Waals surface area contributed by atoms with Gasteiger partial charge in [0.05, 0.1) is 0 Å². The third-order valence-electron chi connectivity index (χ3n) is 2.67. The van der Waals surface area contributed by atoms with Crippen LogP contribution in [0.3, 0.4) is 0 Å². The zero-order chi connectivity index (χ0) is 13.8. The Hall–Kier alpha value is -1.18. The predicted molar refractivity (Wildman–Crippen MR) is 81.3 cm³/mol. The Kier molecular flexibility index (Phi) is 4.73. The van der Waals surface area contributed by atoms with E-state index in [-0.39, 0.29) is 11.3 Å². The molecule has 2 N–H and O–H groups in total. The lowest BCUT2D eigenvalue weighted by Crippen LogP contribution is -2.54. The van der Waals surface area contributed by atoms with E-state index in [0.29, 0.717) is 5.17 Å². The molecule has 19 heavy (non-hydrogen) atoms. The van der Waals surface area contributed by atoms with Crippen molar-refractivity contribution in [2.45, 2.75) is 11.1 Å². The number of rotatable bonds is 3. The van der Waals surface area contributed by atoms with Gasteiger partial charge in [0, 0.05) is 12.8 Å². The van der Waals surface area contributed by atoms with Crippen LogP contribution in [0.25, 0.3) is 0 Å². The van der Waals surface area contributed by atoms with Crippen molar-refractivity contribution in [2.24, 2.45) is 10.9 Å². The molecule has 1 aromatic rings. The van der Waals surface area contributed by atoms with Crippen LogP contribution < -0.4 is 5.84 Å². The highest BCUT2D eigenvalue weighted by atomic mass is 32.2. The summed E-state index contributed by atoms with van der Waals surface area (Å²) in [4.78, 5) is 12.2. The molecule has 1 aliphatic heterocycles. The number of hydrogen-bond donors (Lipinski definition) is 1. The second-order valence-electron chi connectivity index (χ2n) is 4.02. The number of nitrogens with zero attached hydrogens (tertiary/aromatic N) is 3. The Morgan fingerprint density at radius 2 is 2.05 bits per heavy atom. The molecular weight excluding hydrogens is 280 g/mol. The van der Waals surface area contributed by atoms with Crippen molar-refractivity contribution >= 4 is 34.6 Å². The first-order valence-corrected chi connectivity index (χ1v) is 8.00. The number of amides is 1. The van der Waals surface area contributed by atoms with Crippen LogP contribution in [0.1, 0.15) is 5.56 Å². The van der Waals surface area contributed by atoms with E-state index in [4.69, 9.17) is 5.84 Å². The third kappa shape index (κ3) is 3.23. The summed E-state index contributed by atoms with van der Waals surface area (Å²) in [5, 5.41) is 7.25. The average molecular weight is 296 g/mol. The number of carbonyl (C=O) groups excluding carboxylic acids is 1. The number of nitrogens with two attached hydrogens (primary N) is 1. The fraction of sp³-hybridized carbons (Fsp3) is 0.333. The number of benzene rings is 1. The van der Waals surface area contributed by atoms with Crippen LogP contribution in [-0.2, 0) is 10.5 Å². The number of hydrazone groups is 1. The molecule has 0 spiro atoms. The van der Waals surface area contributed by atoms with Gasteiger partial charge in [0.2, 0.25) is 5.17 Å². The first kappa shape index (κ1) is 14.2. The fourth-order valence-electron chi connectivity index (χ4n) is 1.68. The molecule has 0 saturated carbocycles. The van der Waals surface area contributed by atoms with Gasteiger partial charge in [-0.15, -0.1) is 16.9 Å². The number of likely N-dealkylation sites (N-methyl/N-ethyl adjacent to an activating group) is 1. The summed E-state index contributed by atoms with van der Waals surface area (Å²) in [6.07, 6.45) is 1.84. The summed E-state index contributed by atoms with van der Waals surface area (Å²) in [6, 6.07) is 10.0. The van der Waals surface area contributed by atoms with Crippen LogP contribution in [-0.4, -0.2) is 39.8 Å². The van der Waals surface area contributed by atoms with Crippen LogP contribution in [0.2, 0.25) is 0 Å². The van der Waals surface area contributed by atoms with E-state index in [0.717, 1.165) is 10.8 Å². The normalized spacial score (nSPS) is 19.6. The molecule has 1 aliphatic rings. The molecule has 1 heterocycles. The van der Waals surface area contributed by atoms with Gasteiger partial charge in [-0.2, -0.15) is 0 Å². The molecular formula is C12H16N4OS2. The summed E-state index contributed by atoms with van der Waals surface area (Å²) in [6.45, 7) is 0. The topological polar surface area (TPSA) is 61.9 Å². The lowest BCUT2D eigenvalue weighted by Gasteiger charge is -2.33. The second-order valence-corrected chi connectivity index (χ2v) is 5.86. The van der Waals surface area contributed by atoms with Crippen LogP contribution in [0.4, 0.5) is 0 Å². The van der Waals surface area contributed by atoms with Gasteiger partial charge in [0.1, 0.15) is 0 Å². The van der Waals surface area contributed by atoms with E-state index in [1.807, 2.05) is 36.6 Å². The Balaban J connectivity index is 2.05. The predicted octanol–water partition coefficient (Wildman–Crippen LogP) is 1.53. The van der Waals surface area contributed by atoms with E-state index in [1.54, 1.807) is 12.1 Å². The van der Waals surface area contributed by atoms with Crippen LogP contribution in [0.15, 0.2) is 35.4 Å². The third-order valence-corrected chi connectivity index (χ3v) is 4.64. The molecule has 0 fully saturated rings. The molecule has 7 heteroatoms. The summed E-state index contributed by atoms with van der Waals surface area (Å²) in [5.41, 5.74) is 1.18. The zero-order valence-corrected chi connectivity index (χ0v) is 12.4. The molecule has 1 aromatic carbocycles. The fourth-order valence-corrected chi connectivity index (χ4v) is 3.24. The van der Waals surface area contributed by atoms with E-state index < -0.39 is 0 Å². The van der Waals surface area contributed by atoms with Crippen molar-refractivity contribution in [2.75, 3.05) is 13.3 Å². The lowest BCUT2D eigenvalue weighted by molar-refractivity contribution is -0.130. The molecule has 0 radical (unpaired) electrons. The number of thioether (sulfide) groups is 2. The van der Waals surface area contributed by atoms with E-state index >= 15 is 0 Å². The molecule has 0 aliphatic carbocycles. The number of amidine groups is 1. The smallest absolute Gasteiger partial charge is 0.275 e. The van der Waals surface area contributed by atoms with Gasteiger partial charge in [-0.05, 0) is 11.8 Å². The van der Waals surface area contributed by atoms with Crippen LogP contribution in [0.5, 0.6) is 0 Å². The average Bonchev–Trinajstić information content (AvgIpc) is 2.44. The minimum Gasteiger partial charge on any atom is -0.275 e. The number of hydrazine groups is 1. The quantitative estimate of drug-likeness (QED) is 0.677. The standard InChI is InChI=1S/C12H16N4OS2/c1-15-11(10(17)16(13)12(14-15)18-2)19-8-9-6-4-3-5-7-9/h3-7,11H,8,13H2,1-2H3. The van der Waals surface area contributed by atoms with Gasteiger partial charge in [0.25, 0.3) is 5.91 Å². The Bertz CT molecular complexity index is 480. The summed E-state index contributed by atoms with van der Waals surface area (Å²) >= 11 is 2.88. The number of carbonyl (C=O) groups is 1. The minimum atomic E-state index is -0.374. The first-order chi connectivity index (χ1) is 9.13. The van der Waals surface area contributed by atoms with E-state index in [2.05, 4.69) is 5.10 Å². The molecule has 0 aromatic heterocycles. The molecule has 2 rings (SSSR count). The molecule has 0 bridgehead atoms. The summed E-state index contributed by atoms with van der Waals surface area (Å²) < 4.78 is 0. The van der Waals surface area contributed by atoms with Crippen molar-refractivity contribution < 1.29 is 4.79 Å². The highest BCUT2D eigenvalue weighted by Crippen LogP contribution is 2.25. The maximum atomic E-state index is 12.2. The Labute approximate surface area is 121 Å². The SMILES string of the molecule is CSC1=NN(C)C(SCc2ccccc2)C(=O)N1N. The van der Waals surface area contributed by atoms with Crippen LogP contribution >= 0.6 is 23.5 Å². The van der Waals surface area contributed by atoms with Gasteiger partial charge in [-0.1, -0.05) is 42.1 Å². The van der Waals surface area contributed by atoms with E-state index in [9.17, 15) is 4.79 Å². The second kappa shape index (κ2) is 6.31. The highest BCUT2D eigenvalue weighted by Gasteiger charge is 2.33. The van der Waals surface area contributed by atoms with Crippen molar-refractivity contribution in [1.82, 2.24) is 10.0 Å². The largest absolute Gasteiger partial charge is 0.277 e. The Morgan fingerprint density at radius 3 is 2.68 bits per heavy atom. The molecule has 5 nitrogen and oxygen atoms in total. The van der Waals surface area contributed by atoms with Crippen molar-refractivity contribution in [3.63, 3.8) is 0 Å².